The van der Waals surface area contributed by atoms with Gasteiger partial charge in [-0.2, -0.15) is 0 Å². The van der Waals surface area contributed by atoms with Crippen molar-refractivity contribution in [2.24, 2.45) is 10.4 Å². The van der Waals surface area contributed by atoms with E-state index in [0.717, 1.165) is 45.2 Å². The van der Waals surface area contributed by atoms with Crippen molar-refractivity contribution < 1.29 is 4.74 Å². The Balaban J connectivity index is 0.00000420. The molecule has 0 aromatic heterocycles. The van der Waals surface area contributed by atoms with Gasteiger partial charge in [0.05, 0.1) is 6.54 Å². The van der Waals surface area contributed by atoms with Crippen molar-refractivity contribution >= 4 is 29.9 Å². The molecule has 1 aromatic carbocycles. The molecule has 1 aliphatic carbocycles. The van der Waals surface area contributed by atoms with E-state index in [1.54, 1.807) is 0 Å². The van der Waals surface area contributed by atoms with Gasteiger partial charge in [0.2, 0.25) is 0 Å². The fraction of sp³-hybridized carbons (Fsp3) is 0.696. The highest BCUT2D eigenvalue weighted by Gasteiger charge is 2.33. The van der Waals surface area contributed by atoms with Gasteiger partial charge in [-0.3, -0.25) is 0 Å². The molecule has 0 bridgehead atoms. The third-order valence-electron chi connectivity index (χ3n) is 5.56. The third kappa shape index (κ3) is 9.66. The van der Waals surface area contributed by atoms with Gasteiger partial charge >= 0.3 is 0 Å². The molecule has 166 valence electrons. The molecule has 0 atom stereocenters. The molecule has 0 spiro atoms. The maximum atomic E-state index is 5.64. The first kappa shape index (κ1) is 26.2. The average Bonchev–Trinajstić information content (AvgIpc) is 3.14. The highest BCUT2D eigenvalue weighted by Crippen LogP contribution is 2.40. The minimum atomic E-state index is 0. The number of guanidine groups is 1. The normalized spacial score (nSPS) is 16.0. The number of rotatable bonds is 11. The molecule has 2 rings (SSSR count). The van der Waals surface area contributed by atoms with Crippen molar-refractivity contribution in [2.45, 2.75) is 59.0 Å². The van der Waals surface area contributed by atoms with E-state index in [9.17, 15) is 0 Å². The van der Waals surface area contributed by atoms with Crippen LogP contribution >= 0.6 is 24.0 Å². The van der Waals surface area contributed by atoms with E-state index in [4.69, 9.17) is 9.73 Å². The van der Waals surface area contributed by atoms with E-state index in [2.05, 4.69) is 67.7 Å². The molecular weight excluding hydrogens is 475 g/mol. The molecule has 0 unspecified atom stereocenters. The number of hydrogen-bond donors (Lipinski definition) is 2. The number of benzene rings is 1. The average molecular weight is 517 g/mol. The summed E-state index contributed by atoms with van der Waals surface area (Å²) >= 11 is 0. The van der Waals surface area contributed by atoms with Gasteiger partial charge in [0.1, 0.15) is 0 Å². The van der Waals surface area contributed by atoms with Crippen LogP contribution in [0, 0.1) is 5.41 Å². The highest BCUT2D eigenvalue weighted by molar-refractivity contribution is 14.0. The number of nitrogens with zero attached hydrogens (tertiary/aromatic N) is 2. The molecule has 5 nitrogen and oxygen atoms in total. The van der Waals surface area contributed by atoms with Gasteiger partial charge in [-0.1, -0.05) is 37.1 Å². The zero-order valence-corrected chi connectivity index (χ0v) is 21.1. The van der Waals surface area contributed by atoms with Crippen molar-refractivity contribution in [3.63, 3.8) is 0 Å². The number of ether oxygens (including phenoxy) is 1. The zero-order valence-electron chi connectivity index (χ0n) is 18.8. The van der Waals surface area contributed by atoms with Crippen LogP contribution in [-0.4, -0.2) is 51.3 Å². The Morgan fingerprint density at radius 1 is 1.07 bits per heavy atom. The van der Waals surface area contributed by atoms with E-state index in [0.29, 0.717) is 12.0 Å². The third-order valence-corrected chi connectivity index (χ3v) is 5.56. The Labute approximate surface area is 195 Å². The summed E-state index contributed by atoms with van der Waals surface area (Å²) in [6.07, 6.45) is 6.39. The van der Waals surface area contributed by atoms with Gasteiger partial charge < -0.3 is 20.3 Å². The summed E-state index contributed by atoms with van der Waals surface area (Å²) in [6.45, 7) is 9.39. The number of nitrogens with one attached hydrogen (secondary N) is 2. The van der Waals surface area contributed by atoms with Gasteiger partial charge in [0.15, 0.2) is 5.96 Å². The van der Waals surface area contributed by atoms with Crippen LogP contribution in [0.25, 0.3) is 0 Å². The lowest BCUT2D eigenvalue weighted by Gasteiger charge is -2.30. The first-order valence-electron chi connectivity index (χ1n) is 10.9. The summed E-state index contributed by atoms with van der Waals surface area (Å²) in [4.78, 5) is 7.00. The Bertz CT molecular complexity index is 583. The fourth-order valence-electron chi connectivity index (χ4n) is 3.97. The number of halogens is 1. The lowest BCUT2D eigenvalue weighted by molar-refractivity contribution is 0.105. The van der Waals surface area contributed by atoms with Crippen molar-refractivity contribution in [2.75, 3.05) is 40.4 Å². The Morgan fingerprint density at radius 2 is 1.72 bits per heavy atom. The van der Waals surface area contributed by atoms with Gasteiger partial charge in [-0.25, -0.2) is 4.99 Å². The molecule has 0 amide bonds. The quantitative estimate of drug-likeness (QED) is 0.198. The zero-order chi connectivity index (χ0) is 20.2. The summed E-state index contributed by atoms with van der Waals surface area (Å²) in [6, 6.07) is 8.78. The summed E-state index contributed by atoms with van der Waals surface area (Å²) in [5.41, 5.74) is 2.94. The van der Waals surface area contributed by atoms with Crippen molar-refractivity contribution in [3.8, 4) is 0 Å². The Kier molecular flexibility index (Phi) is 12.8. The molecule has 0 heterocycles. The van der Waals surface area contributed by atoms with E-state index in [-0.39, 0.29) is 24.0 Å². The second kappa shape index (κ2) is 14.2. The van der Waals surface area contributed by atoms with Crippen LogP contribution in [0.15, 0.2) is 29.3 Å². The van der Waals surface area contributed by atoms with Gasteiger partial charge in [0, 0.05) is 32.8 Å². The van der Waals surface area contributed by atoms with Crippen molar-refractivity contribution in [1.29, 1.82) is 0 Å². The molecule has 1 fully saturated rings. The predicted octanol–water partition coefficient (Wildman–Crippen LogP) is 4.41. The molecule has 1 aromatic rings. The lowest BCUT2D eigenvalue weighted by Crippen LogP contribution is -2.43. The van der Waals surface area contributed by atoms with Crippen LogP contribution in [0.4, 0.5) is 0 Å². The molecular formula is C23H41IN4O. The fourth-order valence-corrected chi connectivity index (χ4v) is 3.97. The van der Waals surface area contributed by atoms with Crippen LogP contribution in [0.3, 0.4) is 0 Å². The summed E-state index contributed by atoms with van der Waals surface area (Å²) in [5, 5.41) is 7.01. The molecule has 1 aliphatic rings. The molecule has 0 aliphatic heterocycles. The van der Waals surface area contributed by atoms with E-state index < -0.39 is 0 Å². The summed E-state index contributed by atoms with van der Waals surface area (Å²) in [7, 11) is 4.19. The first-order valence-corrected chi connectivity index (χ1v) is 10.9. The lowest BCUT2D eigenvalue weighted by atomic mass is 9.83. The standard InChI is InChI=1S/C23H40N4O.HI/c1-5-24-22(25-17-20-9-11-21(12-10-20)18-27(3)4)26-19-23(13-7-8-14-23)15-16-28-6-2;/h9-12H,5-8,13-19H2,1-4H3,(H2,24,25,26);1H. The molecule has 0 saturated heterocycles. The van der Waals surface area contributed by atoms with E-state index >= 15 is 0 Å². The van der Waals surface area contributed by atoms with Crippen LogP contribution in [0.2, 0.25) is 0 Å². The molecule has 29 heavy (non-hydrogen) atoms. The van der Waals surface area contributed by atoms with Crippen LogP contribution in [-0.2, 0) is 17.8 Å². The Hall–Kier alpha value is -0.860. The monoisotopic (exact) mass is 516 g/mol. The minimum absolute atomic E-state index is 0. The Morgan fingerprint density at radius 3 is 2.31 bits per heavy atom. The van der Waals surface area contributed by atoms with Gasteiger partial charge in [-0.05, 0) is 63.7 Å². The van der Waals surface area contributed by atoms with E-state index in [1.807, 2.05) is 0 Å². The van der Waals surface area contributed by atoms with Crippen molar-refractivity contribution in [3.05, 3.63) is 35.4 Å². The van der Waals surface area contributed by atoms with Crippen molar-refractivity contribution in [1.82, 2.24) is 15.5 Å². The molecule has 2 N–H and O–H groups in total. The topological polar surface area (TPSA) is 48.9 Å². The predicted molar refractivity (Wildman–Crippen MR) is 134 cm³/mol. The smallest absolute Gasteiger partial charge is 0.191 e. The summed E-state index contributed by atoms with van der Waals surface area (Å²) in [5.74, 6) is 0.919. The second-order valence-corrected chi connectivity index (χ2v) is 8.26. The van der Waals surface area contributed by atoms with E-state index in [1.165, 1.54) is 36.8 Å². The van der Waals surface area contributed by atoms with Gasteiger partial charge in [-0.15, -0.1) is 24.0 Å². The molecule has 1 saturated carbocycles. The van der Waals surface area contributed by atoms with Crippen LogP contribution in [0.1, 0.15) is 57.1 Å². The minimum Gasteiger partial charge on any atom is -0.382 e. The maximum Gasteiger partial charge on any atom is 0.191 e. The second-order valence-electron chi connectivity index (χ2n) is 8.26. The van der Waals surface area contributed by atoms with Crippen LogP contribution in [0.5, 0.6) is 0 Å². The molecule has 0 radical (unpaired) electrons. The highest BCUT2D eigenvalue weighted by atomic mass is 127. The van der Waals surface area contributed by atoms with Gasteiger partial charge in [0.25, 0.3) is 0 Å². The SMILES string of the molecule is CCNC(=NCc1ccc(CN(C)C)cc1)NCC1(CCOCC)CCCC1.I. The number of hydrogen-bond acceptors (Lipinski definition) is 3. The van der Waals surface area contributed by atoms with Crippen LogP contribution < -0.4 is 10.6 Å². The largest absolute Gasteiger partial charge is 0.382 e. The summed E-state index contributed by atoms with van der Waals surface area (Å²) < 4.78 is 5.64. The first-order chi connectivity index (χ1) is 13.6. The number of aliphatic imine (C=N–C) groups is 1. The molecule has 6 heteroatoms. The maximum absolute atomic E-state index is 5.64.